The Labute approximate surface area is 152 Å². The lowest BCUT2D eigenvalue weighted by molar-refractivity contribution is -0.135. The maximum atomic E-state index is 12.9. The van der Waals surface area contributed by atoms with E-state index in [1.807, 2.05) is 42.2 Å². The number of amides is 2. The van der Waals surface area contributed by atoms with Crippen molar-refractivity contribution < 1.29 is 14.1 Å². The number of carbonyl (C=O) groups is 2. The van der Waals surface area contributed by atoms with Gasteiger partial charge in [-0.2, -0.15) is 0 Å². The highest BCUT2D eigenvalue weighted by atomic mass is 16.5. The Kier molecular flexibility index (Phi) is 4.05. The first kappa shape index (κ1) is 16.8. The Bertz CT molecular complexity index is 832. The van der Waals surface area contributed by atoms with Crippen LogP contribution in [0.25, 0.3) is 0 Å². The predicted octanol–water partition coefficient (Wildman–Crippen LogP) is 2.00. The summed E-state index contributed by atoms with van der Waals surface area (Å²) in [5, 5.41) is 3.84. The van der Waals surface area contributed by atoms with Gasteiger partial charge in [-0.3, -0.25) is 9.59 Å². The maximum Gasteiger partial charge on any atom is 0.230 e. The van der Waals surface area contributed by atoms with E-state index in [9.17, 15) is 9.59 Å². The Morgan fingerprint density at radius 3 is 2.73 bits per heavy atom. The van der Waals surface area contributed by atoms with Gasteiger partial charge in [0, 0.05) is 18.2 Å². The topological polar surface area (TPSA) is 89.4 Å². The maximum absolute atomic E-state index is 12.9. The molecule has 26 heavy (non-hydrogen) atoms. The lowest BCUT2D eigenvalue weighted by atomic mass is 9.69. The summed E-state index contributed by atoms with van der Waals surface area (Å²) in [6.07, 6.45) is 3.14. The molecule has 0 unspecified atom stereocenters. The summed E-state index contributed by atoms with van der Waals surface area (Å²) >= 11 is 0. The van der Waals surface area contributed by atoms with E-state index in [-0.39, 0.29) is 30.3 Å². The van der Waals surface area contributed by atoms with Crippen LogP contribution in [0, 0.1) is 12.3 Å². The fourth-order valence-electron chi connectivity index (χ4n) is 4.80. The highest BCUT2D eigenvalue weighted by Gasteiger charge is 2.60. The number of hydrogen-bond acceptors (Lipinski definition) is 4. The van der Waals surface area contributed by atoms with Crippen molar-refractivity contribution in [2.45, 2.75) is 51.1 Å². The first-order valence-corrected chi connectivity index (χ1v) is 9.07. The Morgan fingerprint density at radius 2 is 2.08 bits per heavy atom. The molecule has 2 N–H and O–H groups in total. The van der Waals surface area contributed by atoms with Gasteiger partial charge in [-0.1, -0.05) is 35.5 Å². The number of carbonyl (C=O) groups excluding carboxylic acids is 2. The number of benzene rings is 1. The third-order valence-corrected chi connectivity index (χ3v) is 5.88. The molecule has 2 aliphatic rings. The van der Waals surface area contributed by atoms with Crippen molar-refractivity contribution in [3.8, 4) is 0 Å². The standard InChI is InChI=1S/C20H23N3O3/c1-13-9-16(26-22-13)10-18(24)23-15-7-8-17(23)20(12-15,19(21)25)11-14-5-3-2-4-6-14/h2-6,9,15,17H,7-8,10-12H2,1H3,(H2,21,25)/t15-,17+,20+/m0/s1. The molecule has 1 aromatic carbocycles. The smallest absolute Gasteiger partial charge is 0.230 e. The number of nitrogens with two attached hydrogens (primary N) is 1. The van der Waals surface area contributed by atoms with Crippen LogP contribution in [0.15, 0.2) is 40.9 Å². The molecule has 2 aliphatic heterocycles. The van der Waals surface area contributed by atoms with Crippen molar-refractivity contribution in [1.82, 2.24) is 10.1 Å². The molecule has 2 bridgehead atoms. The molecule has 4 rings (SSSR count). The minimum Gasteiger partial charge on any atom is -0.369 e. The lowest BCUT2D eigenvalue weighted by Crippen LogP contribution is -2.49. The van der Waals surface area contributed by atoms with Gasteiger partial charge in [0.15, 0.2) is 0 Å². The van der Waals surface area contributed by atoms with Gasteiger partial charge >= 0.3 is 0 Å². The van der Waals surface area contributed by atoms with E-state index in [4.69, 9.17) is 10.3 Å². The third kappa shape index (κ3) is 2.69. The number of primary amides is 1. The van der Waals surface area contributed by atoms with Crippen LogP contribution in [0.4, 0.5) is 0 Å². The second-order valence-electron chi connectivity index (χ2n) is 7.55. The molecular formula is C20H23N3O3. The SMILES string of the molecule is Cc1cc(CC(=O)N2[C@H]3CC[C@@H]2[C@](Cc2ccccc2)(C(N)=O)C3)on1. The fourth-order valence-corrected chi connectivity index (χ4v) is 4.80. The fraction of sp³-hybridized carbons (Fsp3) is 0.450. The average Bonchev–Trinajstić information content (AvgIpc) is 3.29. The quantitative estimate of drug-likeness (QED) is 0.890. The van der Waals surface area contributed by atoms with Crippen LogP contribution in [0.3, 0.4) is 0 Å². The second-order valence-corrected chi connectivity index (χ2v) is 7.55. The molecule has 0 spiro atoms. The van der Waals surface area contributed by atoms with Gasteiger partial charge in [0.05, 0.1) is 17.5 Å². The lowest BCUT2D eigenvalue weighted by Gasteiger charge is -2.34. The molecule has 3 heterocycles. The van der Waals surface area contributed by atoms with Crippen LogP contribution in [0.5, 0.6) is 0 Å². The zero-order valence-electron chi connectivity index (χ0n) is 14.9. The van der Waals surface area contributed by atoms with Crippen LogP contribution >= 0.6 is 0 Å². The highest BCUT2D eigenvalue weighted by Crippen LogP contribution is 2.51. The predicted molar refractivity (Wildman–Crippen MR) is 95.0 cm³/mol. The first-order valence-electron chi connectivity index (χ1n) is 9.07. The number of hydrogen-bond donors (Lipinski definition) is 1. The van der Waals surface area contributed by atoms with Crippen LogP contribution < -0.4 is 5.73 Å². The minimum absolute atomic E-state index is 0.00941. The molecule has 6 heteroatoms. The number of nitrogens with zero attached hydrogens (tertiary/aromatic N) is 2. The number of aromatic nitrogens is 1. The van der Waals surface area contributed by atoms with Crippen LogP contribution in [-0.2, 0) is 22.4 Å². The van der Waals surface area contributed by atoms with Crippen molar-refractivity contribution in [3.63, 3.8) is 0 Å². The molecule has 0 aliphatic carbocycles. The van der Waals surface area contributed by atoms with Gasteiger partial charge in [-0.15, -0.1) is 0 Å². The third-order valence-electron chi connectivity index (χ3n) is 5.88. The van der Waals surface area contributed by atoms with E-state index >= 15 is 0 Å². The zero-order valence-corrected chi connectivity index (χ0v) is 14.9. The number of rotatable bonds is 5. The number of fused-ring (bicyclic) bond motifs is 2. The van der Waals surface area contributed by atoms with Gasteiger partial charge in [-0.05, 0) is 38.2 Å². The summed E-state index contributed by atoms with van der Waals surface area (Å²) in [7, 11) is 0. The average molecular weight is 353 g/mol. The summed E-state index contributed by atoms with van der Waals surface area (Å²) in [5.74, 6) is 0.248. The van der Waals surface area contributed by atoms with Gasteiger partial charge in [0.1, 0.15) is 5.76 Å². The summed E-state index contributed by atoms with van der Waals surface area (Å²) in [6, 6.07) is 11.6. The molecule has 2 aromatic rings. The monoisotopic (exact) mass is 353 g/mol. The molecular weight excluding hydrogens is 330 g/mol. The van der Waals surface area contributed by atoms with Gasteiger partial charge < -0.3 is 15.2 Å². The van der Waals surface area contributed by atoms with Crippen molar-refractivity contribution in [1.29, 1.82) is 0 Å². The first-order chi connectivity index (χ1) is 12.5. The molecule has 0 saturated carbocycles. The molecule has 0 radical (unpaired) electrons. The van der Waals surface area contributed by atoms with Crippen molar-refractivity contribution >= 4 is 11.8 Å². The molecule has 6 nitrogen and oxygen atoms in total. The van der Waals surface area contributed by atoms with E-state index in [2.05, 4.69) is 5.16 Å². The Hall–Kier alpha value is -2.63. The molecule has 1 aromatic heterocycles. The highest BCUT2D eigenvalue weighted by molar-refractivity contribution is 5.86. The van der Waals surface area contributed by atoms with Gasteiger partial charge in [0.25, 0.3) is 0 Å². The summed E-state index contributed by atoms with van der Waals surface area (Å²) in [5.41, 5.74) is 7.03. The molecule has 2 amide bonds. The van der Waals surface area contributed by atoms with Crippen LogP contribution in [-0.4, -0.2) is 34.0 Å². The van der Waals surface area contributed by atoms with Crippen molar-refractivity contribution in [2.75, 3.05) is 0 Å². The zero-order chi connectivity index (χ0) is 18.3. The summed E-state index contributed by atoms with van der Waals surface area (Å²) < 4.78 is 5.19. The number of aryl methyl sites for hydroxylation is 1. The van der Waals surface area contributed by atoms with Crippen molar-refractivity contribution in [2.24, 2.45) is 11.1 Å². The molecule has 136 valence electrons. The normalized spacial score (nSPS) is 27.0. The van der Waals surface area contributed by atoms with Crippen LogP contribution in [0.1, 0.15) is 36.3 Å². The molecule has 2 fully saturated rings. The summed E-state index contributed by atoms with van der Waals surface area (Å²) in [6.45, 7) is 1.83. The summed E-state index contributed by atoms with van der Waals surface area (Å²) in [4.78, 5) is 27.3. The molecule has 3 atom stereocenters. The largest absolute Gasteiger partial charge is 0.369 e. The van der Waals surface area contributed by atoms with E-state index in [0.717, 1.165) is 24.1 Å². The van der Waals surface area contributed by atoms with Crippen LogP contribution in [0.2, 0.25) is 0 Å². The van der Waals surface area contributed by atoms with E-state index in [1.165, 1.54) is 0 Å². The van der Waals surface area contributed by atoms with Crippen molar-refractivity contribution in [3.05, 3.63) is 53.4 Å². The van der Waals surface area contributed by atoms with E-state index < -0.39 is 5.41 Å². The van der Waals surface area contributed by atoms with Gasteiger partial charge in [0.2, 0.25) is 11.8 Å². The minimum atomic E-state index is -0.683. The van der Waals surface area contributed by atoms with Gasteiger partial charge in [-0.25, -0.2) is 0 Å². The Balaban J connectivity index is 1.59. The molecule has 2 saturated heterocycles. The van der Waals surface area contributed by atoms with E-state index in [0.29, 0.717) is 18.6 Å². The Morgan fingerprint density at radius 1 is 1.31 bits per heavy atom. The van der Waals surface area contributed by atoms with E-state index in [1.54, 1.807) is 6.07 Å². The second kappa shape index (κ2) is 6.27.